The number of rotatable bonds is 5. The Morgan fingerprint density at radius 2 is 1.76 bits per heavy atom. The molecular formula is C15H27N3O2S. The maximum Gasteiger partial charge on any atom is 0.244 e. The van der Waals surface area contributed by atoms with Crippen LogP contribution in [0.5, 0.6) is 0 Å². The zero-order valence-electron chi connectivity index (χ0n) is 12.9. The molecule has 0 aromatic carbocycles. The number of hydrogen-bond donors (Lipinski definition) is 1. The van der Waals surface area contributed by atoms with E-state index in [0.717, 1.165) is 44.3 Å². The number of aryl methyl sites for hydroxylation is 1. The van der Waals surface area contributed by atoms with E-state index >= 15 is 0 Å². The van der Waals surface area contributed by atoms with E-state index in [9.17, 15) is 8.42 Å². The summed E-state index contributed by atoms with van der Waals surface area (Å²) < 4.78 is 29.2. The van der Waals surface area contributed by atoms with Gasteiger partial charge in [-0.05, 0) is 25.3 Å². The molecule has 0 saturated carbocycles. The van der Waals surface area contributed by atoms with Crippen molar-refractivity contribution in [1.29, 1.82) is 0 Å². The zero-order chi connectivity index (χ0) is 15.3. The van der Waals surface area contributed by atoms with E-state index in [1.54, 1.807) is 16.6 Å². The number of hydrogen-bond acceptors (Lipinski definition) is 3. The summed E-state index contributed by atoms with van der Waals surface area (Å²) >= 11 is 0. The summed E-state index contributed by atoms with van der Waals surface area (Å²) in [6.07, 6.45) is 8.09. The van der Waals surface area contributed by atoms with Crippen molar-refractivity contribution in [2.75, 3.05) is 13.1 Å². The molecule has 6 heteroatoms. The van der Waals surface area contributed by atoms with Crippen LogP contribution < -0.4 is 5.73 Å². The Morgan fingerprint density at radius 3 is 2.33 bits per heavy atom. The number of sulfonamides is 1. The molecule has 1 aliphatic rings. The lowest BCUT2D eigenvalue weighted by atomic mass is 10.1. The standard InChI is InChI=1S/C15H27N3O2S/c1-2-8-17-13-15(11-14(17)12-16)21(19,20)18-9-6-4-3-5-7-10-18/h11,13H,2-10,12,16H2,1H3. The third kappa shape index (κ3) is 3.87. The minimum Gasteiger partial charge on any atom is -0.349 e. The lowest BCUT2D eigenvalue weighted by Crippen LogP contribution is -2.33. The molecule has 5 nitrogen and oxygen atoms in total. The summed E-state index contributed by atoms with van der Waals surface area (Å²) in [6, 6.07) is 1.74. The number of nitrogens with two attached hydrogens (primary N) is 1. The summed E-state index contributed by atoms with van der Waals surface area (Å²) in [5.41, 5.74) is 6.62. The van der Waals surface area contributed by atoms with Gasteiger partial charge in [0.15, 0.2) is 0 Å². The number of nitrogens with zero attached hydrogens (tertiary/aromatic N) is 2. The van der Waals surface area contributed by atoms with Crippen LogP contribution in [0, 0.1) is 0 Å². The molecule has 1 aromatic rings. The molecule has 1 fully saturated rings. The highest BCUT2D eigenvalue weighted by atomic mass is 32.2. The van der Waals surface area contributed by atoms with Crippen LogP contribution in [0.15, 0.2) is 17.2 Å². The van der Waals surface area contributed by atoms with E-state index in [0.29, 0.717) is 24.5 Å². The molecule has 0 bridgehead atoms. The topological polar surface area (TPSA) is 68.3 Å². The summed E-state index contributed by atoms with van der Waals surface area (Å²) in [6.45, 7) is 4.53. The Hall–Kier alpha value is -0.850. The quantitative estimate of drug-likeness (QED) is 0.907. The van der Waals surface area contributed by atoms with Gasteiger partial charge in [0.25, 0.3) is 0 Å². The molecule has 0 radical (unpaired) electrons. The highest BCUT2D eigenvalue weighted by molar-refractivity contribution is 7.89. The van der Waals surface area contributed by atoms with Crippen LogP contribution in [0.4, 0.5) is 0 Å². The van der Waals surface area contributed by atoms with Gasteiger partial charge in [-0.2, -0.15) is 4.31 Å². The molecule has 21 heavy (non-hydrogen) atoms. The Morgan fingerprint density at radius 1 is 1.14 bits per heavy atom. The summed E-state index contributed by atoms with van der Waals surface area (Å²) in [7, 11) is -3.37. The molecule has 0 amide bonds. The fourth-order valence-corrected chi connectivity index (χ4v) is 4.48. The van der Waals surface area contributed by atoms with Crippen molar-refractivity contribution in [3.05, 3.63) is 18.0 Å². The first-order valence-electron chi connectivity index (χ1n) is 7.99. The maximum absolute atomic E-state index is 12.8. The van der Waals surface area contributed by atoms with E-state index in [-0.39, 0.29) is 0 Å². The zero-order valence-corrected chi connectivity index (χ0v) is 13.7. The van der Waals surface area contributed by atoms with Crippen molar-refractivity contribution in [2.45, 2.75) is 63.4 Å². The Balaban J connectivity index is 2.25. The van der Waals surface area contributed by atoms with E-state index in [1.165, 1.54) is 6.42 Å². The van der Waals surface area contributed by atoms with Crippen molar-refractivity contribution >= 4 is 10.0 Å². The lowest BCUT2D eigenvalue weighted by Gasteiger charge is -2.23. The average Bonchev–Trinajstić information content (AvgIpc) is 2.82. The predicted molar refractivity (Wildman–Crippen MR) is 84.5 cm³/mol. The van der Waals surface area contributed by atoms with Gasteiger partial charge in [-0.1, -0.05) is 26.2 Å². The van der Waals surface area contributed by atoms with Gasteiger partial charge in [0, 0.05) is 38.1 Å². The van der Waals surface area contributed by atoms with Crippen molar-refractivity contribution < 1.29 is 8.42 Å². The third-order valence-electron chi connectivity index (χ3n) is 4.09. The van der Waals surface area contributed by atoms with Crippen LogP contribution in [-0.4, -0.2) is 30.4 Å². The highest BCUT2D eigenvalue weighted by Gasteiger charge is 2.26. The van der Waals surface area contributed by atoms with Crippen LogP contribution in [0.25, 0.3) is 0 Å². The second-order valence-corrected chi connectivity index (χ2v) is 7.67. The Labute approximate surface area is 128 Å². The third-order valence-corrected chi connectivity index (χ3v) is 5.95. The molecule has 0 spiro atoms. The normalized spacial score (nSPS) is 18.4. The monoisotopic (exact) mass is 313 g/mol. The molecular weight excluding hydrogens is 286 g/mol. The van der Waals surface area contributed by atoms with E-state index in [1.807, 2.05) is 4.57 Å². The van der Waals surface area contributed by atoms with Gasteiger partial charge < -0.3 is 10.3 Å². The second kappa shape index (κ2) is 7.42. The Bertz CT molecular complexity index is 543. The second-order valence-electron chi connectivity index (χ2n) is 5.74. The summed E-state index contributed by atoms with van der Waals surface area (Å²) in [5, 5.41) is 0. The van der Waals surface area contributed by atoms with Crippen LogP contribution >= 0.6 is 0 Å². The molecule has 0 aliphatic carbocycles. The van der Waals surface area contributed by atoms with Crippen molar-refractivity contribution in [3.8, 4) is 0 Å². The van der Waals surface area contributed by atoms with Crippen LogP contribution in [-0.2, 0) is 23.1 Å². The number of aromatic nitrogens is 1. The minimum absolute atomic E-state index is 0.371. The fraction of sp³-hybridized carbons (Fsp3) is 0.733. The molecule has 120 valence electrons. The van der Waals surface area contributed by atoms with Gasteiger partial charge in [0.1, 0.15) is 4.90 Å². The van der Waals surface area contributed by atoms with Crippen molar-refractivity contribution in [3.63, 3.8) is 0 Å². The summed E-state index contributed by atoms with van der Waals surface area (Å²) in [5.74, 6) is 0. The molecule has 2 heterocycles. The van der Waals surface area contributed by atoms with Crippen LogP contribution in [0.3, 0.4) is 0 Å². The maximum atomic E-state index is 12.8. The smallest absolute Gasteiger partial charge is 0.244 e. The van der Waals surface area contributed by atoms with E-state index in [4.69, 9.17) is 5.73 Å². The van der Waals surface area contributed by atoms with Crippen molar-refractivity contribution in [1.82, 2.24) is 8.87 Å². The molecule has 2 N–H and O–H groups in total. The molecule has 1 saturated heterocycles. The first-order valence-corrected chi connectivity index (χ1v) is 9.43. The van der Waals surface area contributed by atoms with E-state index in [2.05, 4.69) is 6.92 Å². The molecule has 1 aromatic heterocycles. The first kappa shape index (κ1) is 16.5. The molecule has 2 rings (SSSR count). The highest BCUT2D eigenvalue weighted by Crippen LogP contribution is 2.22. The first-order chi connectivity index (χ1) is 10.1. The van der Waals surface area contributed by atoms with Gasteiger partial charge in [0.2, 0.25) is 10.0 Å². The molecule has 0 unspecified atom stereocenters. The molecule has 1 aliphatic heterocycles. The predicted octanol–water partition coefficient (Wildman–Crippen LogP) is 2.31. The van der Waals surface area contributed by atoms with Gasteiger partial charge in [0.05, 0.1) is 0 Å². The fourth-order valence-electron chi connectivity index (χ4n) is 2.90. The minimum atomic E-state index is -3.37. The van der Waals surface area contributed by atoms with Crippen LogP contribution in [0.2, 0.25) is 0 Å². The van der Waals surface area contributed by atoms with E-state index < -0.39 is 10.0 Å². The summed E-state index contributed by atoms with van der Waals surface area (Å²) in [4.78, 5) is 0.400. The molecule has 0 atom stereocenters. The van der Waals surface area contributed by atoms with Crippen LogP contribution in [0.1, 0.15) is 51.1 Å². The van der Waals surface area contributed by atoms with Gasteiger partial charge in [-0.15, -0.1) is 0 Å². The van der Waals surface area contributed by atoms with Crippen molar-refractivity contribution in [2.24, 2.45) is 5.73 Å². The SMILES string of the molecule is CCCn1cc(S(=O)(=O)N2CCCCCCC2)cc1CN. The average molecular weight is 313 g/mol. The largest absolute Gasteiger partial charge is 0.349 e. The van der Waals surface area contributed by atoms with Gasteiger partial charge >= 0.3 is 0 Å². The Kier molecular flexibility index (Phi) is 5.84. The van der Waals surface area contributed by atoms with Gasteiger partial charge in [-0.3, -0.25) is 0 Å². The lowest BCUT2D eigenvalue weighted by molar-refractivity contribution is 0.364. The van der Waals surface area contributed by atoms with Gasteiger partial charge in [-0.25, -0.2) is 8.42 Å².